The van der Waals surface area contributed by atoms with Crippen molar-refractivity contribution >= 4 is 17.3 Å². The lowest BCUT2D eigenvalue weighted by Crippen LogP contribution is -2.29. The third-order valence-electron chi connectivity index (χ3n) is 2.82. The molecule has 3 heterocycles. The molecule has 3 rings (SSSR count). The normalized spacial score (nSPS) is 14.6. The number of nitrogens with one attached hydrogen (secondary N) is 1. The highest BCUT2D eigenvalue weighted by Gasteiger charge is 2.24. The molecule has 0 fully saturated rings. The van der Waals surface area contributed by atoms with E-state index in [1.165, 1.54) is 0 Å². The van der Waals surface area contributed by atoms with Gasteiger partial charge in [-0.3, -0.25) is 0 Å². The van der Waals surface area contributed by atoms with Crippen molar-refractivity contribution in [1.82, 2.24) is 14.9 Å². The number of carbonyl (C=O) groups is 1. The molecule has 0 amide bonds. The Labute approximate surface area is 102 Å². The molecular formula is C11H11N3O2S. The molecule has 0 unspecified atom stereocenters. The Morgan fingerprint density at radius 3 is 3.18 bits per heavy atom. The molecule has 0 aliphatic carbocycles. The maximum atomic E-state index is 11.2. The van der Waals surface area contributed by atoms with E-state index >= 15 is 0 Å². The first-order valence-corrected chi connectivity index (χ1v) is 6.22. The molecule has 2 aromatic heterocycles. The molecule has 0 radical (unpaired) electrons. The minimum Gasteiger partial charge on any atom is -0.476 e. The van der Waals surface area contributed by atoms with Crippen LogP contribution in [0.1, 0.15) is 16.2 Å². The van der Waals surface area contributed by atoms with Crippen LogP contribution in [0, 0.1) is 0 Å². The number of fused-ring (bicyclic) bond motifs is 1. The number of hydrogen-bond acceptors (Lipinski definition) is 4. The molecule has 17 heavy (non-hydrogen) atoms. The van der Waals surface area contributed by atoms with E-state index in [2.05, 4.69) is 10.3 Å². The highest BCUT2D eigenvalue weighted by Crippen LogP contribution is 2.27. The van der Waals surface area contributed by atoms with Crippen LogP contribution < -0.4 is 5.32 Å². The van der Waals surface area contributed by atoms with Crippen LogP contribution in [0.2, 0.25) is 0 Å². The van der Waals surface area contributed by atoms with E-state index in [9.17, 15) is 4.79 Å². The van der Waals surface area contributed by atoms with Gasteiger partial charge in [0, 0.05) is 19.6 Å². The van der Waals surface area contributed by atoms with Crippen molar-refractivity contribution in [2.24, 2.45) is 0 Å². The minimum absolute atomic E-state index is 0.167. The van der Waals surface area contributed by atoms with Crippen LogP contribution in [0.3, 0.4) is 0 Å². The average molecular weight is 249 g/mol. The van der Waals surface area contributed by atoms with Crippen molar-refractivity contribution in [2.75, 3.05) is 6.54 Å². The number of carboxylic acids is 1. The maximum Gasteiger partial charge on any atom is 0.356 e. The van der Waals surface area contributed by atoms with Crippen LogP contribution in [0.4, 0.5) is 0 Å². The minimum atomic E-state index is -0.958. The Morgan fingerprint density at radius 2 is 2.47 bits per heavy atom. The second kappa shape index (κ2) is 3.97. The van der Waals surface area contributed by atoms with Crippen molar-refractivity contribution in [3.63, 3.8) is 0 Å². The second-order valence-corrected chi connectivity index (χ2v) is 4.79. The summed E-state index contributed by atoms with van der Waals surface area (Å²) in [7, 11) is 0. The number of aromatic carboxylic acids is 1. The summed E-state index contributed by atoms with van der Waals surface area (Å²) >= 11 is 1.58. The Morgan fingerprint density at radius 1 is 1.59 bits per heavy atom. The average Bonchev–Trinajstić information content (AvgIpc) is 2.95. The van der Waals surface area contributed by atoms with E-state index in [1.54, 1.807) is 11.3 Å². The standard InChI is InChI=1S/C11H11N3O2S/c15-11(16)9-7-6-12-3-4-14(7)10(13-9)8-2-1-5-17-8/h1-2,5,12H,3-4,6H2,(H,15,16). The number of hydrogen-bond donors (Lipinski definition) is 2. The summed E-state index contributed by atoms with van der Waals surface area (Å²) in [5.41, 5.74) is 0.938. The summed E-state index contributed by atoms with van der Waals surface area (Å²) in [4.78, 5) is 16.4. The first kappa shape index (κ1) is 10.5. The summed E-state index contributed by atoms with van der Waals surface area (Å²) in [6.07, 6.45) is 0. The van der Waals surface area contributed by atoms with Gasteiger partial charge in [-0.15, -0.1) is 11.3 Å². The molecule has 0 atom stereocenters. The van der Waals surface area contributed by atoms with E-state index in [-0.39, 0.29) is 5.69 Å². The van der Waals surface area contributed by atoms with Crippen LogP contribution in [-0.4, -0.2) is 27.2 Å². The van der Waals surface area contributed by atoms with Gasteiger partial charge in [0.2, 0.25) is 0 Å². The molecule has 6 heteroatoms. The smallest absolute Gasteiger partial charge is 0.356 e. The molecular weight excluding hydrogens is 238 g/mol. The zero-order valence-electron chi connectivity index (χ0n) is 9.01. The largest absolute Gasteiger partial charge is 0.476 e. The van der Waals surface area contributed by atoms with Gasteiger partial charge in [-0.1, -0.05) is 6.07 Å². The maximum absolute atomic E-state index is 11.2. The number of thiophene rings is 1. The fraction of sp³-hybridized carbons (Fsp3) is 0.273. The van der Waals surface area contributed by atoms with Gasteiger partial charge in [0.05, 0.1) is 10.6 Å². The Kier molecular flexibility index (Phi) is 2.45. The van der Waals surface area contributed by atoms with Crippen LogP contribution in [-0.2, 0) is 13.1 Å². The molecule has 5 nitrogen and oxygen atoms in total. The highest BCUT2D eigenvalue weighted by atomic mass is 32.1. The lowest BCUT2D eigenvalue weighted by atomic mass is 10.3. The third kappa shape index (κ3) is 1.65. The van der Waals surface area contributed by atoms with Crippen molar-refractivity contribution < 1.29 is 9.90 Å². The van der Waals surface area contributed by atoms with Gasteiger partial charge in [-0.2, -0.15) is 0 Å². The monoisotopic (exact) mass is 249 g/mol. The van der Waals surface area contributed by atoms with E-state index in [1.807, 2.05) is 22.1 Å². The van der Waals surface area contributed by atoms with E-state index < -0.39 is 5.97 Å². The van der Waals surface area contributed by atoms with Gasteiger partial charge in [-0.25, -0.2) is 9.78 Å². The number of aromatic nitrogens is 2. The topological polar surface area (TPSA) is 67.1 Å². The van der Waals surface area contributed by atoms with Crippen LogP contribution in [0.25, 0.3) is 10.7 Å². The van der Waals surface area contributed by atoms with Crippen LogP contribution in [0.15, 0.2) is 17.5 Å². The van der Waals surface area contributed by atoms with Crippen molar-refractivity contribution in [2.45, 2.75) is 13.1 Å². The zero-order valence-corrected chi connectivity index (χ0v) is 9.83. The molecule has 0 saturated heterocycles. The summed E-state index contributed by atoms with van der Waals surface area (Å²) in [5.74, 6) is -0.186. The fourth-order valence-corrected chi connectivity index (χ4v) is 2.79. The van der Waals surface area contributed by atoms with E-state index in [0.29, 0.717) is 6.54 Å². The first-order chi connectivity index (χ1) is 8.27. The number of imidazole rings is 1. The summed E-state index contributed by atoms with van der Waals surface area (Å²) in [5, 5.41) is 14.3. The van der Waals surface area contributed by atoms with Gasteiger partial charge in [-0.05, 0) is 11.4 Å². The van der Waals surface area contributed by atoms with Crippen molar-refractivity contribution in [3.8, 4) is 10.7 Å². The number of nitrogens with zero attached hydrogens (tertiary/aromatic N) is 2. The van der Waals surface area contributed by atoms with E-state index in [4.69, 9.17) is 5.11 Å². The predicted molar refractivity (Wildman–Crippen MR) is 64.2 cm³/mol. The quantitative estimate of drug-likeness (QED) is 0.844. The molecule has 2 N–H and O–H groups in total. The molecule has 0 bridgehead atoms. The lowest BCUT2D eigenvalue weighted by Gasteiger charge is -2.17. The molecule has 88 valence electrons. The van der Waals surface area contributed by atoms with Crippen molar-refractivity contribution in [1.29, 1.82) is 0 Å². The molecule has 0 aromatic carbocycles. The Balaban J connectivity index is 2.19. The highest BCUT2D eigenvalue weighted by molar-refractivity contribution is 7.13. The number of rotatable bonds is 2. The summed E-state index contributed by atoms with van der Waals surface area (Å²) < 4.78 is 2.01. The SMILES string of the molecule is O=C(O)c1nc(-c2cccs2)n2c1CNCC2. The second-order valence-electron chi connectivity index (χ2n) is 3.84. The Hall–Kier alpha value is -1.66. The van der Waals surface area contributed by atoms with E-state index in [0.717, 1.165) is 29.5 Å². The molecule has 0 spiro atoms. The van der Waals surface area contributed by atoms with Gasteiger partial charge >= 0.3 is 5.97 Å². The first-order valence-electron chi connectivity index (χ1n) is 5.34. The van der Waals surface area contributed by atoms with Gasteiger partial charge in [0.25, 0.3) is 0 Å². The van der Waals surface area contributed by atoms with Gasteiger partial charge in [0.1, 0.15) is 0 Å². The molecule has 0 saturated carbocycles. The van der Waals surface area contributed by atoms with Crippen LogP contribution >= 0.6 is 11.3 Å². The lowest BCUT2D eigenvalue weighted by molar-refractivity contribution is 0.0689. The van der Waals surface area contributed by atoms with Gasteiger partial charge in [0.15, 0.2) is 11.5 Å². The number of carboxylic acid groups (broad SMARTS) is 1. The molecule has 1 aliphatic rings. The summed E-state index contributed by atoms with van der Waals surface area (Å²) in [6, 6.07) is 3.91. The third-order valence-corrected chi connectivity index (χ3v) is 3.69. The van der Waals surface area contributed by atoms with Crippen molar-refractivity contribution in [3.05, 3.63) is 28.9 Å². The molecule has 1 aliphatic heterocycles. The summed E-state index contributed by atoms with van der Waals surface area (Å²) in [6.45, 7) is 2.18. The van der Waals surface area contributed by atoms with Crippen LogP contribution in [0.5, 0.6) is 0 Å². The Bertz CT molecular complexity index is 560. The zero-order chi connectivity index (χ0) is 11.8. The predicted octanol–water partition coefficient (Wildman–Crippen LogP) is 1.41. The van der Waals surface area contributed by atoms with Gasteiger partial charge < -0.3 is 15.0 Å². The molecule has 2 aromatic rings. The fourth-order valence-electron chi connectivity index (χ4n) is 2.07.